The van der Waals surface area contributed by atoms with Gasteiger partial charge in [-0.15, -0.1) is 12.4 Å². The summed E-state index contributed by atoms with van der Waals surface area (Å²) in [4.78, 5) is 2.33. The molecule has 29 heavy (non-hydrogen) atoms. The molecule has 1 aromatic rings. The van der Waals surface area contributed by atoms with Crippen LogP contribution in [0, 0.1) is 11.8 Å². The Balaban J connectivity index is 0.00000240. The first-order chi connectivity index (χ1) is 13.4. The molecule has 1 aromatic carbocycles. The second kappa shape index (κ2) is 9.54. The van der Waals surface area contributed by atoms with Gasteiger partial charge in [-0.1, -0.05) is 12.1 Å². The summed E-state index contributed by atoms with van der Waals surface area (Å²) in [5, 5.41) is 3.01. The zero-order chi connectivity index (χ0) is 19.7. The molecular weight excluding hydrogens is 408 g/mol. The van der Waals surface area contributed by atoms with E-state index in [4.69, 9.17) is 4.74 Å². The Morgan fingerprint density at radius 3 is 2.59 bits per heavy atom. The highest BCUT2D eigenvalue weighted by Crippen LogP contribution is 2.35. The number of piperidine rings is 1. The van der Waals surface area contributed by atoms with E-state index in [1.165, 1.54) is 30.2 Å². The van der Waals surface area contributed by atoms with E-state index in [1.807, 2.05) is 0 Å². The number of fused-ring (bicyclic) bond motifs is 1. The molecule has 2 aliphatic heterocycles. The van der Waals surface area contributed by atoms with Crippen molar-refractivity contribution in [2.75, 3.05) is 32.5 Å². The number of hydrogen-bond acceptors (Lipinski definition) is 5. The van der Waals surface area contributed by atoms with Gasteiger partial charge in [0, 0.05) is 25.3 Å². The van der Waals surface area contributed by atoms with E-state index in [0.29, 0.717) is 5.92 Å². The lowest BCUT2D eigenvalue weighted by atomic mass is 9.95. The molecule has 3 aliphatic rings. The van der Waals surface area contributed by atoms with Crippen LogP contribution in [0.3, 0.4) is 0 Å². The van der Waals surface area contributed by atoms with Gasteiger partial charge in [0.2, 0.25) is 0 Å². The number of halogens is 1. The van der Waals surface area contributed by atoms with Gasteiger partial charge in [0.05, 0.1) is 6.61 Å². The van der Waals surface area contributed by atoms with Crippen molar-refractivity contribution in [1.82, 2.24) is 10.2 Å². The third-order valence-corrected chi connectivity index (χ3v) is 8.11. The molecule has 0 radical (unpaired) electrons. The highest BCUT2D eigenvalue weighted by atomic mass is 35.5. The minimum Gasteiger partial charge on any atom is -0.493 e. The Morgan fingerprint density at radius 1 is 1.21 bits per heavy atom. The SMILES string of the molecule is CC(Cc1ccc2c(c1)OCC2)N(CC1CC1)C(C1CCNCC1)S(C)(=O)=O.Cl. The lowest BCUT2D eigenvalue weighted by Crippen LogP contribution is -2.53. The van der Waals surface area contributed by atoms with Gasteiger partial charge in [0.15, 0.2) is 9.84 Å². The Bertz CT molecular complexity index is 791. The van der Waals surface area contributed by atoms with Gasteiger partial charge in [-0.25, -0.2) is 8.42 Å². The molecule has 2 unspecified atom stereocenters. The van der Waals surface area contributed by atoms with E-state index in [2.05, 4.69) is 35.3 Å². The molecule has 0 aromatic heterocycles. The highest BCUT2D eigenvalue weighted by Gasteiger charge is 2.40. The summed E-state index contributed by atoms with van der Waals surface area (Å²) in [6.45, 7) is 5.73. The zero-order valence-electron chi connectivity index (χ0n) is 17.6. The predicted octanol–water partition coefficient (Wildman–Crippen LogP) is 3.06. The van der Waals surface area contributed by atoms with Crippen LogP contribution in [0.15, 0.2) is 18.2 Å². The average Bonchev–Trinajstić information content (AvgIpc) is 3.35. The van der Waals surface area contributed by atoms with Gasteiger partial charge >= 0.3 is 0 Å². The molecule has 1 saturated heterocycles. The van der Waals surface area contributed by atoms with Gasteiger partial charge in [-0.05, 0) is 81.1 Å². The van der Waals surface area contributed by atoms with Crippen LogP contribution in [0.2, 0.25) is 0 Å². The van der Waals surface area contributed by atoms with Gasteiger partial charge < -0.3 is 10.1 Å². The minimum atomic E-state index is -3.15. The van der Waals surface area contributed by atoms with Crippen LogP contribution in [0.4, 0.5) is 0 Å². The maximum Gasteiger partial charge on any atom is 0.163 e. The molecule has 4 rings (SSSR count). The molecule has 0 amide bonds. The molecule has 1 saturated carbocycles. The van der Waals surface area contributed by atoms with Gasteiger partial charge in [-0.2, -0.15) is 0 Å². The van der Waals surface area contributed by atoms with Crippen LogP contribution in [0.25, 0.3) is 0 Å². The molecular formula is C22H35ClN2O3S. The van der Waals surface area contributed by atoms with Gasteiger partial charge in [0.1, 0.15) is 11.1 Å². The number of ether oxygens (including phenoxy) is 1. The minimum absolute atomic E-state index is 0. The standard InChI is InChI=1S/C22H34N2O3S.ClH/c1-16(13-18-5-6-19-9-12-27-21(19)14-18)24(15-17-3-4-17)22(28(2,25)26)20-7-10-23-11-8-20;/h5-6,14,16-17,20,22-23H,3-4,7-13,15H2,1-2H3;1H. The lowest BCUT2D eigenvalue weighted by Gasteiger charge is -2.41. The van der Waals surface area contributed by atoms with Crippen LogP contribution >= 0.6 is 12.4 Å². The topological polar surface area (TPSA) is 58.6 Å². The fraction of sp³-hybridized carbons (Fsp3) is 0.727. The van der Waals surface area contributed by atoms with Crippen molar-refractivity contribution in [3.8, 4) is 5.75 Å². The summed E-state index contributed by atoms with van der Waals surface area (Å²) in [5.41, 5.74) is 2.53. The Labute approximate surface area is 181 Å². The molecule has 7 heteroatoms. The Hall–Kier alpha value is -0.820. The molecule has 1 aliphatic carbocycles. The smallest absolute Gasteiger partial charge is 0.163 e. The van der Waals surface area contributed by atoms with Crippen LogP contribution in [-0.4, -0.2) is 57.2 Å². The van der Waals surface area contributed by atoms with E-state index < -0.39 is 9.84 Å². The Morgan fingerprint density at radius 2 is 1.93 bits per heavy atom. The highest BCUT2D eigenvalue weighted by molar-refractivity contribution is 7.91. The maximum absolute atomic E-state index is 12.9. The fourth-order valence-electron chi connectivity index (χ4n) is 4.93. The Kier molecular flexibility index (Phi) is 7.52. The van der Waals surface area contributed by atoms with Gasteiger partial charge in [-0.3, -0.25) is 4.90 Å². The van der Waals surface area contributed by atoms with Crippen LogP contribution in [0.5, 0.6) is 5.75 Å². The molecule has 0 bridgehead atoms. The molecule has 2 fully saturated rings. The number of hydrogen-bond donors (Lipinski definition) is 1. The summed E-state index contributed by atoms with van der Waals surface area (Å²) in [5.74, 6) is 1.90. The first-order valence-corrected chi connectivity index (χ1v) is 12.8. The summed E-state index contributed by atoms with van der Waals surface area (Å²) < 4.78 is 31.5. The van der Waals surface area contributed by atoms with Gasteiger partial charge in [0.25, 0.3) is 0 Å². The zero-order valence-corrected chi connectivity index (χ0v) is 19.2. The molecule has 5 nitrogen and oxygen atoms in total. The quantitative estimate of drug-likeness (QED) is 0.670. The number of nitrogens with one attached hydrogen (secondary N) is 1. The summed E-state index contributed by atoms with van der Waals surface area (Å²) >= 11 is 0. The third-order valence-electron chi connectivity index (χ3n) is 6.58. The molecule has 164 valence electrons. The summed E-state index contributed by atoms with van der Waals surface area (Å²) in [7, 11) is -3.15. The third kappa shape index (κ3) is 5.66. The van der Waals surface area contributed by atoms with Crippen molar-refractivity contribution in [3.05, 3.63) is 29.3 Å². The summed E-state index contributed by atoms with van der Waals surface area (Å²) in [6, 6.07) is 6.72. The van der Waals surface area contributed by atoms with E-state index >= 15 is 0 Å². The van der Waals surface area contributed by atoms with Crippen molar-refractivity contribution < 1.29 is 13.2 Å². The molecule has 1 N–H and O–H groups in total. The first kappa shape index (κ1) is 22.9. The summed E-state index contributed by atoms with van der Waals surface area (Å²) in [6.07, 6.45) is 7.65. The molecule has 2 heterocycles. The fourth-order valence-corrected chi connectivity index (χ4v) is 6.68. The maximum atomic E-state index is 12.9. The molecule has 2 atom stereocenters. The largest absolute Gasteiger partial charge is 0.493 e. The predicted molar refractivity (Wildman–Crippen MR) is 120 cm³/mol. The van der Waals surface area contributed by atoms with Crippen molar-refractivity contribution in [2.24, 2.45) is 11.8 Å². The number of rotatable bonds is 8. The van der Waals surface area contributed by atoms with Crippen molar-refractivity contribution in [1.29, 1.82) is 0 Å². The second-order valence-electron chi connectivity index (χ2n) is 9.04. The van der Waals surface area contributed by atoms with E-state index in [0.717, 1.165) is 57.7 Å². The lowest BCUT2D eigenvalue weighted by molar-refractivity contribution is 0.125. The monoisotopic (exact) mass is 442 g/mol. The molecule has 0 spiro atoms. The first-order valence-electron chi connectivity index (χ1n) is 10.8. The number of nitrogens with zero attached hydrogens (tertiary/aromatic N) is 1. The van der Waals surface area contributed by atoms with E-state index in [1.54, 1.807) is 0 Å². The van der Waals surface area contributed by atoms with Crippen molar-refractivity contribution >= 4 is 22.2 Å². The number of benzene rings is 1. The van der Waals surface area contributed by atoms with Crippen molar-refractivity contribution in [2.45, 2.75) is 56.9 Å². The number of sulfone groups is 1. The second-order valence-corrected chi connectivity index (χ2v) is 11.2. The van der Waals surface area contributed by atoms with Crippen LogP contribution in [0.1, 0.15) is 43.7 Å². The average molecular weight is 443 g/mol. The van der Waals surface area contributed by atoms with Crippen LogP contribution < -0.4 is 10.1 Å². The van der Waals surface area contributed by atoms with Crippen LogP contribution in [-0.2, 0) is 22.7 Å². The van der Waals surface area contributed by atoms with E-state index in [-0.39, 0.29) is 29.7 Å². The van der Waals surface area contributed by atoms with Crippen molar-refractivity contribution in [3.63, 3.8) is 0 Å². The van der Waals surface area contributed by atoms with E-state index in [9.17, 15) is 8.42 Å². The normalized spacial score (nSPS) is 21.9.